The van der Waals surface area contributed by atoms with Crippen LogP contribution in [-0.2, 0) is 0 Å². The van der Waals surface area contributed by atoms with Gasteiger partial charge in [-0.1, -0.05) is 6.07 Å². The maximum Gasteiger partial charge on any atom is 0.212 e. The number of hydrogen-bond acceptors (Lipinski definition) is 2. The fourth-order valence-corrected chi connectivity index (χ4v) is 2.80. The molecule has 0 saturated carbocycles. The van der Waals surface area contributed by atoms with Crippen LogP contribution in [0.3, 0.4) is 0 Å². The van der Waals surface area contributed by atoms with Crippen molar-refractivity contribution in [3.05, 3.63) is 29.8 Å². The topological polar surface area (TPSA) is 24.9 Å². The van der Waals surface area contributed by atoms with Gasteiger partial charge in [-0.2, -0.15) is 4.39 Å². The molecule has 2 aliphatic heterocycles. The molecule has 2 fully saturated rings. The number of fused-ring (bicyclic) bond motifs is 2. The third-order valence-electron chi connectivity index (χ3n) is 3.48. The Morgan fingerprint density at radius 2 is 2.29 bits per heavy atom. The first kappa shape index (κ1) is 8.36. The lowest BCUT2D eigenvalue weighted by atomic mass is 9.85. The molecule has 2 aliphatic rings. The minimum Gasteiger partial charge on any atom is -0.311 e. The molecule has 74 valence electrons. The molecular weight excluding hydrogens is 178 g/mol. The standard InChI is InChI=1S/C11H13FN2/c12-11-4-1-7(6-13-11)9-5-8-2-3-10(9)14-8/h1,4,6,8-10,14H,2-3,5H2/t8-,9?,10+/m0/s1/i12-1. The number of aromatic nitrogens is 1. The van der Waals surface area contributed by atoms with Gasteiger partial charge in [0.25, 0.3) is 0 Å². The Kier molecular flexibility index (Phi) is 1.80. The maximum absolute atomic E-state index is 12.6. The minimum atomic E-state index is -0.384. The number of rotatable bonds is 1. The molecule has 3 rings (SSSR count). The first-order valence-corrected chi connectivity index (χ1v) is 5.20. The molecule has 0 aromatic carbocycles. The van der Waals surface area contributed by atoms with Gasteiger partial charge in [-0.25, -0.2) is 4.98 Å². The molecule has 2 bridgehead atoms. The Morgan fingerprint density at radius 1 is 1.36 bits per heavy atom. The van der Waals surface area contributed by atoms with Crippen molar-refractivity contribution in [3.63, 3.8) is 0 Å². The zero-order valence-electron chi connectivity index (χ0n) is 7.91. The summed E-state index contributed by atoms with van der Waals surface area (Å²) >= 11 is 0. The Hall–Kier alpha value is -0.960. The van der Waals surface area contributed by atoms with Gasteiger partial charge in [-0.15, -0.1) is 0 Å². The van der Waals surface area contributed by atoms with Gasteiger partial charge in [-0.3, -0.25) is 0 Å². The van der Waals surface area contributed by atoms with E-state index in [-0.39, 0.29) is 5.95 Å². The van der Waals surface area contributed by atoms with Crippen LogP contribution in [0.25, 0.3) is 0 Å². The van der Waals surface area contributed by atoms with Gasteiger partial charge in [-0.05, 0) is 30.9 Å². The summed E-state index contributed by atoms with van der Waals surface area (Å²) in [5.41, 5.74) is 1.19. The molecule has 14 heavy (non-hydrogen) atoms. The van der Waals surface area contributed by atoms with Crippen LogP contribution in [-0.4, -0.2) is 17.1 Å². The van der Waals surface area contributed by atoms with E-state index in [9.17, 15) is 4.39 Å². The third-order valence-corrected chi connectivity index (χ3v) is 3.48. The summed E-state index contributed by atoms with van der Waals surface area (Å²) in [7, 11) is 0. The van der Waals surface area contributed by atoms with Crippen LogP contribution in [0.15, 0.2) is 18.3 Å². The monoisotopic (exact) mass is 191 g/mol. The Balaban J connectivity index is 1.86. The van der Waals surface area contributed by atoms with E-state index >= 15 is 0 Å². The number of nitrogens with one attached hydrogen (secondary N) is 1. The number of pyridine rings is 1. The number of nitrogens with zero attached hydrogens (tertiary/aromatic N) is 1. The average Bonchev–Trinajstić information content (AvgIpc) is 2.80. The van der Waals surface area contributed by atoms with Gasteiger partial charge in [0, 0.05) is 24.2 Å². The van der Waals surface area contributed by atoms with Crippen molar-refractivity contribution in [1.82, 2.24) is 10.3 Å². The molecule has 2 saturated heterocycles. The minimum absolute atomic E-state index is 0.384. The predicted molar refractivity (Wildman–Crippen MR) is 51.5 cm³/mol. The summed E-state index contributed by atoms with van der Waals surface area (Å²) < 4.78 is 12.6. The summed E-state index contributed by atoms with van der Waals surface area (Å²) in [6.07, 6.45) is 5.43. The molecule has 0 aliphatic carbocycles. The fraction of sp³-hybridized carbons (Fsp3) is 0.545. The zero-order valence-corrected chi connectivity index (χ0v) is 7.91. The van der Waals surface area contributed by atoms with Gasteiger partial charge in [0.1, 0.15) is 0 Å². The van der Waals surface area contributed by atoms with Crippen LogP contribution >= 0.6 is 0 Å². The summed E-state index contributed by atoms with van der Waals surface area (Å²) in [4.78, 5) is 3.71. The van der Waals surface area contributed by atoms with E-state index in [1.807, 2.05) is 6.07 Å². The van der Waals surface area contributed by atoms with Gasteiger partial charge >= 0.3 is 0 Å². The second-order valence-electron chi connectivity index (χ2n) is 4.30. The van der Waals surface area contributed by atoms with Crippen molar-refractivity contribution >= 4 is 0 Å². The van der Waals surface area contributed by atoms with E-state index in [2.05, 4.69) is 10.3 Å². The molecule has 0 amide bonds. The van der Waals surface area contributed by atoms with Crippen LogP contribution < -0.4 is 5.32 Å². The molecule has 1 aromatic rings. The van der Waals surface area contributed by atoms with Gasteiger partial charge in [0.15, 0.2) is 0 Å². The van der Waals surface area contributed by atoms with Crippen LogP contribution in [0.5, 0.6) is 0 Å². The van der Waals surface area contributed by atoms with Crippen LogP contribution in [0, 0.1) is 5.95 Å². The van der Waals surface area contributed by atoms with Crippen LogP contribution in [0.4, 0.5) is 4.39 Å². The lowest BCUT2D eigenvalue weighted by molar-refractivity contribution is 0.502. The largest absolute Gasteiger partial charge is 0.311 e. The Morgan fingerprint density at radius 3 is 2.86 bits per heavy atom. The second kappa shape index (κ2) is 3.02. The number of halogens is 1. The van der Waals surface area contributed by atoms with Crippen molar-refractivity contribution < 1.29 is 4.39 Å². The number of hydrogen-bond donors (Lipinski definition) is 1. The van der Waals surface area contributed by atoms with Crippen LogP contribution in [0.1, 0.15) is 30.7 Å². The highest BCUT2D eigenvalue weighted by molar-refractivity contribution is 5.22. The third kappa shape index (κ3) is 1.23. The average molecular weight is 191 g/mol. The molecule has 1 unspecified atom stereocenters. The molecule has 2 nitrogen and oxygen atoms in total. The van der Waals surface area contributed by atoms with E-state index < -0.39 is 0 Å². The Labute approximate surface area is 82.5 Å². The van der Waals surface area contributed by atoms with Crippen molar-refractivity contribution in [3.8, 4) is 0 Å². The SMILES string of the molecule is [18F]c1ccc(C2C[C@@H]3CC[C@H]2N3)cn1. The van der Waals surface area contributed by atoms with Crippen molar-refractivity contribution in [2.24, 2.45) is 0 Å². The van der Waals surface area contributed by atoms with Crippen molar-refractivity contribution in [1.29, 1.82) is 0 Å². The van der Waals surface area contributed by atoms with E-state index in [0.717, 1.165) is 0 Å². The molecule has 1 aromatic heterocycles. The van der Waals surface area contributed by atoms with Crippen molar-refractivity contribution in [2.75, 3.05) is 0 Å². The highest BCUT2D eigenvalue weighted by Crippen LogP contribution is 2.39. The smallest absolute Gasteiger partial charge is 0.212 e. The highest BCUT2D eigenvalue weighted by atomic mass is 18.2. The van der Waals surface area contributed by atoms with Gasteiger partial charge in [0.2, 0.25) is 5.95 Å². The quantitative estimate of drug-likeness (QED) is 0.685. The van der Waals surface area contributed by atoms with E-state index in [1.165, 1.54) is 30.9 Å². The Bertz CT molecular complexity index is 336. The molecule has 3 heterocycles. The molecule has 1 N–H and O–H groups in total. The highest BCUT2D eigenvalue weighted by Gasteiger charge is 2.39. The summed E-state index contributed by atoms with van der Waals surface area (Å²) in [5.74, 6) is 0.173. The first-order chi connectivity index (χ1) is 6.83. The zero-order chi connectivity index (χ0) is 9.54. The molecule has 3 atom stereocenters. The van der Waals surface area contributed by atoms with Gasteiger partial charge < -0.3 is 5.32 Å². The lowest BCUT2D eigenvalue weighted by Crippen LogP contribution is -2.21. The van der Waals surface area contributed by atoms with E-state index in [0.29, 0.717) is 18.0 Å². The maximum atomic E-state index is 12.6. The lowest BCUT2D eigenvalue weighted by Gasteiger charge is -2.19. The molecule has 3 heteroatoms. The summed E-state index contributed by atoms with van der Waals surface area (Å²) in [6.45, 7) is 0. The molecule has 0 spiro atoms. The first-order valence-electron chi connectivity index (χ1n) is 5.20. The second-order valence-corrected chi connectivity index (χ2v) is 4.30. The molecule has 0 radical (unpaired) electrons. The molecular formula is C11H13FN2. The van der Waals surface area contributed by atoms with Crippen molar-refractivity contribution in [2.45, 2.75) is 37.3 Å². The summed E-state index contributed by atoms with van der Waals surface area (Å²) in [5, 5.41) is 3.57. The fourth-order valence-electron chi connectivity index (χ4n) is 2.80. The summed E-state index contributed by atoms with van der Waals surface area (Å²) in [6, 6.07) is 4.62. The van der Waals surface area contributed by atoms with Gasteiger partial charge in [0.05, 0.1) is 0 Å². The normalized spacial score (nSPS) is 35.1. The van der Waals surface area contributed by atoms with E-state index in [1.54, 1.807) is 6.20 Å². The predicted octanol–water partition coefficient (Wildman–Crippen LogP) is 1.83. The van der Waals surface area contributed by atoms with E-state index in [4.69, 9.17) is 0 Å². The van der Waals surface area contributed by atoms with Crippen LogP contribution in [0.2, 0.25) is 0 Å².